The smallest absolute Gasteiger partial charge is 0.249 e. The highest BCUT2D eigenvalue weighted by Crippen LogP contribution is 2.13. The van der Waals surface area contributed by atoms with E-state index in [9.17, 15) is 4.79 Å². The molecule has 1 N–H and O–H groups in total. The highest BCUT2D eigenvalue weighted by molar-refractivity contribution is 5.80. The highest BCUT2D eigenvalue weighted by atomic mass is 16.5. The Balaban J connectivity index is 1.78. The predicted molar refractivity (Wildman–Crippen MR) is 89.4 cm³/mol. The number of carbonyl (C=O) groups is 1. The van der Waals surface area contributed by atoms with Gasteiger partial charge in [-0.3, -0.25) is 4.79 Å². The molecule has 1 amide bonds. The van der Waals surface area contributed by atoms with Gasteiger partial charge in [-0.15, -0.1) is 0 Å². The second-order valence-corrected chi connectivity index (χ2v) is 6.21. The van der Waals surface area contributed by atoms with E-state index in [1.165, 1.54) is 0 Å². The molecule has 128 valence electrons. The third kappa shape index (κ3) is 5.80. The molecule has 1 aromatic rings. The summed E-state index contributed by atoms with van der Waals surface area (Å²) in [6.45, 7) is 10.2. The van der Waals surface area contributed by atoms with Crippen LogP contribution in [-0.2, 0) is 20.8 Å². The molecule has 2 rings (SSSR count). The SMILES string of the molecule is CC(C)CO[C@H](C)C(=O)NCc1ccc(N2CCOCC2)nc1. The van der Waals surface area contributed by atoms with E-state index in [1.54, 1.807) is 6.92 Å². The van der Waals surface area contributed by atoms with Crippen molar-refractivity contribution in [1.29, 1.82) is 0 Å². The molecule has 1 atom stereocenters. The van der Waals surface area contributed by atoms with Crippen LogP contribution in [0.3, 0.4) is 0 Å². The summed E-state index contributed by atoms with van der Waals surface area (Å²) in [5.74, 6) is 1.28. The Kier molecular flexibility index (Phi) is 6.80. The molecular weight excluding hydrogens is 294 g/mol. The van der Waals surface area contributed by atoms with E-state index >= 15 is 0 Å². The topological polar surface area (TPSA) is 63.7 Å². The van der Waals surface area contributed by atoms with Crippen LogP contribution in [0.15, 0.2) is 18.3 Å². The minimum Gasteiger partial charge on any atom is -0.378 e. The third-order valence-electron chi connectivity index (χ3n) is 3.66. The maximum Gasteiger partial charge on any atom is 0.249 e. The molecule has 0 bridgehead atoms. The first kappa shape index (κ1) is 17.7. The molecule has 1 saturated heterocycles. The van der Waals surface area contributed by atoms with Gasteiger partial charge in [-0.05, 0) is 24.5 Å². The number of amides is 1. The summed E-state index contributed by atoms with van der Waals surface area (Å²) in [6, 6.07) is 3.99. The Morgan fingerprint density at radius 2 is 2.09 bits per heavy atom. The van der Waals surface area contributed by atoms with Crippen LogP contribution in [0.1, 0.15) is 26.3 Å². The summed E-state index contributed by atoms with van der Waals surface area (Å²) >= 11 is 0. The van der Waals surface area contributed by atoms with E-state index in [4.69, 9.17) is 9.47 Å². The van der Waals surface area contributed by atoms with Crippen molar-refractivity contribution in [2.75, 3.05) is 37.8 Å². The van der Waals surface area contributed by atoms with Gasteiger partial charge in [0.05, 0.1) is 13.2 Å². The average Bonchev–Trinajstić information content (AvgIpc) is 2.58. The summed E-state index contributed by atoms with van der Waals surface area (Å²) in [5, 5.41) is 2.88. The van der Waals surface area contributed by atoms with Crippen LogP contribution in [0, 0.1) is 5.92 Å². The van der Waals surface area contributed by atoms with Crippen molar-refractivity contribution in [3.63, 3.8) is 0 Å². The van der Waals surface area contributed by atoms with Gasteiger partial charge in [0.1, 0.15) is 11.9 Å². The van der Waals surface area contributed by atoms with Crippen LogP contribution in [0.5, 0.6) is 0 Å². The number of nitrogens with zero attached hydrogens (tertiary/aromatic N) is 2. The number of aromatic nitrogens is 1. The Bertz CT molecular complexity index is 484. The molecule has 0 saturated carbocycles. The van der Waals surface area contributed by atoms with Crippen LogP contribution < -0.4 is 10.2 Å². The zero-order valence-corrected chi connectivity index (χ0v) is 14.2. The molecular formula is C17H27N3O3. The Morgan fingerprint density at radius 3 is 2.70 bits per heavy atom. The molecule has 1 aliphatic heterocycles. The molecule has 0 spiro atoms. The minimum absolute atomic E-state index is 0.0945. The quantitative estimate of drug-likeness (QED) is 0.826. The van der Waals surface area contributed by atoms with Crippen LogP contribution >= 0.6 is 0 Å². The van der Waals surface area contributed by atoms with E-state index in [0.717, 1.165) is 37.7 Å². The molecule has 0 radical (unpaired) electrons. The summed E-state index contributed by atoms with van der Waals surface area (Å²) in [7, 11) is 0. The Hall–Kier alpha value is -1.66. The van der Waals surface area contributed by atoms with Gasteiger partial charge in [0.2, 0.25) is 5.91 Å². The molecule has 23 heavy (non-hydrogen) atoms. The minimum atomic E-state index is -0.432. The lowest BCUT2D eigenvalue weighted by Crippen LogP contribution is -2.36. The molecule has 6 heteroatoms. The Morgan fingerprint density at radius 1 is 1.35 bits per heavy atom. The number of carbonyl (C=O) groups excluding carboxylic acids is 1. The normalized spacial score (nSPS) is 16.4. The Labute approximate surface area is 138 Å². The third-order valence-corrected chi connectivity index (χ3v) is 3.66. The van der Waals surface area contributed by atoms with Crippen molar-refractivity contribution in [2.45, 2.75) is 33.4 Å². The van der Waals surface area contributed by atoms with Crippen molar-refractivity contribution in [2.24, 2.45) is 5.92 Å². The van der Waals surface area contributed by atoms with E-state index in [1.807, 2.05) is 18.3 Å². The number of ether oxygens (including phenoxy) is 2. The lowest BCUT2D eigenvalue weighted by molar-refractivity contribution is -0.132. The number of pyridine rings is 1. The van der Waals surface area contributed by atoms with Gasteiger partial charge in [0.15, 0.2) is 0 Å². The maximum absolute atomic E-state index is 12.0. The number of morpholine rings is 1. The second kappa shape index (κ2) is 8.84. The standard InChI is InChI=1S/C17H27N3O3/c1-13(2)12-23-14(3)17(21)19-11-15-4-5-16(18-10-15)20-6-8-22-9-7-20/h4-5,10,13-14H,6-9,11-12H2,1-3H3,(H,19,21)/t14-/m1/s1. The largest absolute Gasteiger partial charge is 0.378 e. The van der Waals surface area contributed by atoms with Crippen LogP contribution in [-0.4, -0.2) is 49.9 Å². The lowest BCUT2D eigenvalue weighted by atomic mass is 10.2. The van der Waals surface area contributed by atoms with Crippen molar-refractivity contribution >= 4 is 11.7 Å². The van der Waals surface area contributed by atoms with E-state index in [2.05, 4.69) is 29.0 Å². The first-order valence-corrected chi connectivity index (χ1v) is 8.23. The van der Waals surface area contributed by atoms with E-state index < -0.39 is 6.10 Å². The lowest BCUT2D eigenvalue weighted by Gasteiger charge is -2.27. The molecule has 2 heterocycles. The fourth-order valence-corrected chi connectivity index (χ4v) is 2.25. The van der Waals surface area contributed by atoms with Gasteiger partial charge in [-0.1, -0.05) is 19.9 Å². The fourth-order valence-electron chi connectivity index (χ4n) is 2.25. The molecule has 0 unspecified atom stereocenters. The van der Waals surface area contributed by atoms with Crippen LogP contribution in [0.25, 0.3) is 0 Å². The first-order valence-electron chi connectivity index (χ1n) is 8.23. The van der Waals surface area contributed by atoms with Crippen molar-refractivity contribution in [3.8, 4) is 0 Å². The van der Waals surface area contributed by atoms with Gasteiger partial charge in [0, 0.05) is 32.4 Å². The average molecular weight is 321 g/mol. The van der Waals surface area contributed by atoms with E-state index in [-0.39, 0.29) is 5.91 Å². The highest BCUT2D eigenvalue weighted by Gasteiger charge is 2.14. The van der Waals surface area contributed by atoms with Crippen molar-refractivity contribution in [3.05, 3.63) is 23.9 Å². The fraction of sp³-hybridized carbons (Fsp3) is 0.647. The molecule has 6 nitrogen and oxygen atoms in total. The monoisotopic (exact) mass is 321 g/mol. The van der Waals surface area contributed by atoms with E-state index in [0.29, 0.717) is 19.1 Å². The summed E-state index contributed by atoms with van der Waals surface area (Å²) in [4.78, 5) is 18.6. The van der Waals surface area contributed by atoms with Crippen LogP contribution in [0.2, 0.25) is 0 Å². The molecule has 1 aromatic heterocycles. The van der Waals surface area contributed by atoms with Gasteiger partial charge >= 0.3 is 0 Å². The van der Waals surface area contributed by atoms with Gasteiger partial charge in [-0.2, -0.15) is 0 Å². The maximum atomic E-state index is 12.0. The number of rotatable bonds is 7. The van der Waals surface area contributed by atoms with Crippen molar-refractivity contribution in [1.82, 2.24) is 10.3 Å². The summed E-state index contributed by atoms with van der Waals surface area (Å²) in [5.41, 5.74) is 0.978. The molecule has 1 fully saturated rings. The summed E-state index contributed by atoms with van der Waals surface area (Å²) in [6.07, 6.45) is 1.38. The number of hydrogen-bond acceptors (Lipinski definition) is 5. The van der Waals surface area contributed by atoms with Gasteiger partial charge < -0.3 is 19.7 Å². The first-order chi connectivity index (χ1) is 11.1. The molecule has 0 aromatic carbocycles. The second-order valence-electron chi connectivity index (χ2n) is 6.21. The molecule has 0 aliphatic carbocycles. The summed E-state index contributed by atoms with van der Waals surface area (Å²) < 4.78 is 10.8. The number of anilines is 1. The zero-order valence-electron chi connectivity index (χ0n) is 14.2. The van der Waals surface area contributed by atoms with Crippen molar-refractivity contribution < 1.29 is 14.3 Å². The van der Waals surface area contributed by atoms with Gasteiger partial charge in [0.25, 0.3) is 0 Å². The predicted octanol–water partition coefficient (Wildman–Crippen LogP) is 1.60. The van der Waals surface area contributed by atoms with Crippen LogP contribution in [0.4, 0.5) is 5.82 Å². The molecule has 1 aliphatic rings. The number of nitrogens with one attached hydrogen (secondary N) is 1. The van der Waals surface area contributed by atoms with Gasteiger partial charge in [-0.25, -0.2) is 4.98 Å². The number of hydrogen-bond donors (Lipinski definition) is 1. The zero-order chi connectivity index (χ0) is 16.7.